The summed E-state index contributed by atoms with van der Waals surface area (Å²) in [5.41, 5.74) is 0. The summed E-state index contributed by atoms with van der Waals surface area (Å²) >= 11 is 5.70. The highest BCUT2D eigenvalue weighted by Crippen LogP contribution is 2.35. The van der Waals surface area contributed by atoms with Gasteiger partial charge in [0.05, 0.1) is 0 Å². The first kappa shape index (κ1) is 15.0. The third-order valence-corrected chi connectivity index (χ3v) is 4.20. The zero-order valence-electron chi connectivity index (χ0n) is 11.7. The van der Waals surface area contributed by atoms with Crippen LogP contribution in [0.5, 0.6) is 0 Å². The van der Waals surface area contributed by atoms with Gasteiger partial charge in [0.25, 0.3) is 0 Å². The Morgan fingerprint density at radius 3 is 2.64 bits per heavy atom. The number of nitro groups is 1. The maximum Gasteiger partial charge on any atom is 0.316 e. The van der Waals surface area contributed by atoms with Crippen LogP contribution in [0.2, 0.25) is 5.15 Å². The maximum absolute atomic E-state index is 11.8. The number of piperidine rings is 1. The van der Waals surface area contributed by atoms with Crippen molar-refractivity contribution in [1.29, 1.82) is 0 Å². The van der Waals surface area contributed by atoms with Crippen molar-refractivity contribution < 1.29 is 14.5 Å². The van der Waals surface area contributed by atoms with E-state index < -0.39 is 22.9 Å². The Kier molecular flexibility index (Phi) is 4.10. The van der Waals surface area contributed by atoms with E-state index in [0.717, 1.165) is 5.82 Å². The number of halogens is 1. The molecule has 0 amide bonds. The van der Waals surface area contributed by atoms with Crippen molar-refractivity contribution in [2.75, 3.05) is 18.0 Å². The quantitative estimate of drug-likeness (QED) is 0.467. The number of hydrogen-bond acceptors (Lipinski definition) is 7. The predicted molar refractivity (Wildman–Crippen MR) is 77.3 cm³/mol. The smallest absolute Gasteiger partial charge is 0.316 e. The van der Waals surface area contributed by atoms with Gasteiger partial charge in [-0.25, -0.2) is 0 Å². The molecule has 1 saturated carbocycles. The van der Waals surface area contributed by atoms with Crippen molar-refractivity contribution in [2.45, 2.75) is 31.4 Å². The molecule has 2 heterocycles. The predicted octanol–water partition coefficient (Wildman–Crippen LogP) is 1.31. The van der Waals surface area contributed by atoms with Crippen molar-refractivity contribution in [1.82, 2.24) is 10.2 Å². The second kappa shape index (κ2) is 6.04. The summed E-state index contributed by atoms with van der Waals surface area (Å²) < 4.78 is 5.37. The molecule has 0 aromatic carbocycles. The van der Waals surface area contributed by atoms with Crippen LogP contribution in [0.25, 0.3) is 0 Å². The molecule has 1 saturated heterocycles. The lowest BCUT2D eigenvalue weighted by atomic mass is 10.1. The van der Waals surface area contributed by atoms with E-state index in [4.69, 9.17) is 16.3 Å². The van der Waals surface area contributed by atoms with Crippen LogP contribution in [0.4, 0.5) is 5.82 Å². The van der Waals surface area contributed by atoms with Gasteiger partial charge >= 0.3 is 5.97 Å². The topological polar surface area (TPSA) is 98.5 Å². The molecule has 9 heteroatoms. The van der Waals surface area contributed by atoms with E-state index in [9.17, 15) is 14.9 Å². The van der Waals surface area contributed by atoms with Gasteiger partial charge in [-0.05, 0) is 12.1 Å². The number of carbonyl (C=O) groups is 1. The first-order chi connectivity index (χ1) is 10.5. The molecule has 2 fully saturated rings. The summed E-state index contributed by atoms with van der Waals surface area (Å²) in [6.07, 6.45) is 1.46. The number of carbonyl (C=O) groups excluding carboxylic acids is 1. The molecule has 3 rings (SSSR count). The Morgan fingerprint density at radius 2 is 2.09 bits per heavy atom. The number of nitrogens with zero attached hydrogens (tertiary/aromatic N) is 4. The fourth-order valence-corrected chi connectivity index (χ4v) is 2.70. The molecule has 22 heavy (non-hydrogen) atoms. The summed E-state index contributed by atoms with van der Waals surface area (Å²) in [7, 11) is 0. The minimum absolute atomic E-state index is 0.183. The lowest BCUT2D eigenvalue weighted by molar-refractivity contribution is -0.497. The highest BCUT2D eigenvalue weighted by molar-refractivity contribution is 6.29. The van der Waals surface area contributed by atoms with Crippen LogP contribution in [0, 0.1) is 16.0 Å². The fraction of sp³-hybridized carbons (Fsp3) is 0.615. The molecule has 0 N–H and O–H groups in total. The highest BCUT2D eigenvalue weighted by Gasteiger charge is 2.55. The third-order valence-electron chi connectivity index (χ3n) is 4.00. The maximum atomic E-state index is 11.8. The largest absolute Gasteiger partial charge is 0.462 e. The molecule has 1 aromatic rings. The first-order valence-electron chi connectivity index (χ1n) is 7.13. The van der Waals surface area contributed by atoms with Gasteiger partial charge in [-0.2, -0.15) is 0 Å². The lowest BCUT2D eigenvalue weighted by Crippen LogP contribution is -2.38. The number of hydrogen-bond donors (Lipinski definition) is 0. The molecule has 2 unspecified atom stereocenters. The number of ether oxygens (including phenoxy) is 1. The average molecular weight is 327 g/mol. The third kappa shape index (κ3) is 3.27. The zero-order chi connectivity index (χ0) is 15.7. The minimum Gasteiger partial charge on any atom is -0.462 e. The van der Waals surface area contributed by atoms with E-state index in [2.05, 4.69) is 10.2 Å². The van der Waals surface area contributed by atoms with E-state index in [-0.39, 0.29) is 6.10 Å². The van der Waals surface area contributed by atoms with Crippen LogP contribution in [-0.4, -0.2) is 46.3 Å². The molecule has 2 atom stereocenters. The number of esters is 1. The summed E-state index contributed by atoms with van der Waals surface area (Å²) in [6, 6.07) is 2.73. The molecule has 1 aromatic heterocycles. The van der Waals surface area contributed by atoms with E-state index in [1.54, 1.807) is 12.1 Å². The van der Waals surface area contributed by atoms with Crippen molar-refractivity contribution in [2.24, 2.45) is 5.92 Å². The van der Waals surface area contributed by atoms with Crippen LogP contribution in [0.1, 0.15) is 19.3 Å². The number of rotatable bonds is 4. The van der Waals surface area contributed by atoms with Gasteiger partial charge in [0.15, 0.2) is 11.0 Å². The Balaban J connectivity index is 1.47. The van der Waals surface area contributed by atoms with Crippen molar-refractivity contribution >= 4 is 23.4 Å². The summed E-state index contributed by atoms with van der Waals surface area (Å²) in [5.74, 6) is -0.258. The van der Waals surface area contributed by atoms with Crippen molar-refractivity contribution in [3.8, 4) is 0 Å². The Hall–Kier alpha value is -1.96. The van der Waals surface area contributed by atoms with E-state index in [0.29, 0.717) is 37.5 Å². The van der Waals surface area contributed by atoms with Crippen molar-refractivity contribution in [3.63, 3.8) is 0 Å². The molecule has 8 nitrogen and oxygen atoms in total. The Labute approximate surface area is 131 Å². The van der Waals surface area contributed by atoms with Crippen LogP contribution < -0.4 is 4.90 Å². The molecule has 0 radical (unpaired) electrons. The monoisotopic (exact) mass is 326 g/mol. The normalized spacial score (nSPS) is 24.9. The van der Waals surface area contributed by atoms with Crippen LogP contribution in [0.15, 0.2) is 12.1 Å². The van der Waals surface area contributed by atoms with Gasteiger partial charge in [-0.15, -0.1) is 10.2 Å². The number of anilines is 1. The number of aromatic nitrogens is 2. The molecular weight excluding hydrogens is 312 g/mol. The summed E-state index contributed by atoms with van der Waals surface area (Å²) in [5, 5.41) is 18.7. The molecular formula is C13H15ClN4O4. The Morgan fingerprint density at radius 1 is 1.36 bits per heavy atom. The van der Waals surface area contributed by atoms with Gasteiger partial charge in [-0.1, -0.05) is 11.6 Å². The minimum atomic E-state index is -0.753. The molecule has 0 spiro atoms. The fourth-order valence-electron chi connectivity index (χ4n) is 2.60. The second-order valence-corrected chi connectivity index (χ2v) is 5.92. The second-order valence-electron chi connectivity index (χ2n) is 5.53. The van der Waals surface area contributed by atoms with E-state index in [1.807, 2.05) is 4.90 Å². The van der Waals surface area contributed by atoms with Crippen molar-refractivity contribution in [3.05, 3.63) is 27.4 Å². The van der Waals surface area contributed by atoms with E-state index >= 15 is 0 Å². The lowest BCUT2D eigenvalue weighted by Gasteiger charge is -2.32. The standard InChI is InChI=1S/C13H15ClN4O4/c14-11-1-2-12(16-15-11)17-5-3-8(4-6-17)22-13(19)9-7-10(9)18(20)21/h1-2,8-10H,3-7H2. The van der Waals surface area contributed by atoms with E-state index in [1.165, 1.54) is 0 Å². The molecule has 2 aliphatic rings. The van der Waals surface area contributed by atoms with Gasteiger partial charge in [0.1, 0.15) is 12.0 Å². The highest BCUT2D eigenvalue weighted by atomic mass is 35.5. The van der Waals surface area contributed by atoms with Gasteiger partial charge in [-0.3, -0.25) is 14.9 Å². The van der Waals surface area contributed by atoms with Crippen LogP contribution in [-0.2, 0) is 9.53 Å². The molecule has 0 bridgehead atoms. The zero-order valence-corrected chi connectivity index (χ0v) is 12.5. The van der Waals surface area contributed by atoms with Gasteiger partial charge in [0, 0.05) is 37.3 Å². The van der Waals surface area contributed by atoms with Gasteiger partial charge < -0.3 is 9.64 Å². The van der Waals surface area contributed by atoms with Gasteiger partial charge in [0.2, 0.25) is 6.04 Å². The Bertz CT molecular complexity index is 574. The summed E-state index contributed by atoms with van der Waals surface area (Å²) in [4.78, 5) is 24.0. The average Bonchev–Trinajstić information content (AvgIpc) is 3.30. The van der Waals surface area contributed by atoms with Crippen LogP contribution >= 0.6 is 11.6 Å². The summed E-state index contributed by atoms with van der Waals surface area (Å²) in [6.45, 7) is 1.38. The molecule has 1 aliphatic heterocycles. The molecule has 1 aliphatic carbocycles. The molecule has 118 valence electrons. The first-order valence-corrected chi connectivity index (χ1v) is 7.50. The van der Waals surface area contributed by atoms with Crippen LogP contribution in [0.3, 0.4) is 0 Å². The SMILES string of the molecule is O=C(OC1CCN(c2ccc(Cl)nn2)CC1)C1CC1[N+](=O)[O-].